The van der Waals surface area contributed by atoms with Crippen LogP contribution in [-0.4, -0.2) is 44.7 Å². The van der Waals surface area contributed by atoms with Crippen molar-refractivity contribution in [2.24, 2.45) is 0 Å². The van der Waals surface area contributed by atoms with Crippen LogP contribution < -0.4 is 0 Å². The first kappa shape index (κ1) is 17.6. The van der Waals surface area contributed by atoms with Crippen LogP contribution >= 0.6 is 0 Å². The molecule has 1 aliphatic carbocycles. The molecular weight excluding hydrogens is 350 g/mol. The molecule has 0 N–H and O–H groups in total. The molecule has 1 aliphatic heterocycles. The first-order valence-electron chi connectivity index (χ1n) is 9.44. The van der Waals surface area contributed by atoms with E-state index in [1.54, 1.807) is 4.31 Å². The largest absolute Gasteiger partial charge is 0.225 e. The van der Waals surface area contributed by atoms with Gasteiger partial charge in [0.05, 0.1) is 18.3 Å². The fourth-order valence-corrected chi connectivity index (χ4v) is 5.91. The van der Waals surface area contributed by atoms with E-state index in [-0.39, 0.29) is 18.3 Å². The van der Waals surface area contributed by atoms with E-state index in [9.17, 15) is 8.42 Å². The monoisotopic (exact) mass is 375 g/mol. The summed E-state index contributed by atoms with van der Waals surface area (Å²) in [5.74, 6) is 0.871. The molecule has 0 radical (unpaired) electrons. The highest BCUT2D eigenvalue weighted by atomic mass is 32.2. The standard InChI is InChI=1S/C18H25N5O2S/c24-26(25)12-11-17(13-15-7-3-1-4-8-15)22(26)14-18-19-20-21-23(18)16-9-5-2-6-10-16/h1,3-4,7-8,16-17H,2,5-6,9-14H2. The van der Waals surface area contributed by atoms with Crippen molar-refractivity contribution in [3.63, 3.8) is 0 Å². The van der Waals surface area contributed by atoms with Gasteiger partial charge in [-0.25, -0.2) is 13.1 Å². The van der Waals surface area contributed by atoms with E-state index >= 15 is 0 Å². The van der Waals surface area contributed by atoms with Crippen molar-refractivity contribution >= 4 is 10.0 Å². The van der Waals surface area contributed by atoms with E-state index < -0.39 is 10.0 Å². The third-order valence-corrected chi connectivity index (χ3v) is 7.46. The van der Waals surface area contributed by atoms with Crippen LogP contribution in [0.3, 0.4) is 0 Å². The first-order chi connectivity index (χ1) is 12.6. The molecule has 1 saturated heterocycles. The molecule has 2 heterocycles. The number of rotatable bonds is 5. The molecular formula is C18H25N5O2S. The Bertz CT molecular complexity index is 830. The van der Waals surface area contributed by atoms with Crippen molar-refractivity contribution in [3.05, 3.63) is 41.7 Å². The Labute approximate surface area is 154 Å². The molecule has 7 nitrogen and oxygen atoms in total. The fourth-order valence-electron chi connectivity index (χ4n) is 4.16. The second-order valence-electron chi connectivity index (χ2n) is 7.32. The third-order valence-electron chi connectivity index (χ3n) is 5.57. The normalized spacial score (nSPS) is 24.1. The average molecular weight is 375 g/mol. The maximum absolute atomic E-state index is 12.6. The molecule has 0 bridgehead atoms. The zero-order valence-corrected chi connectivity index (χ0v) is 15.7. The minimum absolute atomic E-state index is 0.0288. The van der Waals surface area contributed by atoms with Gasteiger partial charge in [-0.1, -0.05) is 49.6 Å². The van der Waals surface area contributed by atoms with E-state index in [2.05, 4.69) is 27.7 Å². The summed E-state index contributed by atoms with van der Waals surface area (Å²) in [5.41, 5.74) is 1.16. The Hall–Kier alpha value is -1.80. The van der Waals surface area contributed by atoms with E-state index in [0.29, 0.717) is 18.3 Å². The molecule has 4 rings (SSSR count). The summed E-state index contributed by atoms with van der Waals surface area (Å²) in [4.78, 5) is 0. The van der Waals surface area contributed by atoms with Crippen LogP contribution in [0.2, 0.25) is 0 Å². The Morgan fingerprint density at radius 2 is 1.81 bits per heavy atom. The maximum Gasteiger partial charge on any atom is 0.214 e. The number of aromatic nitrogens is 4. The lowest BCUT2D eigenvalue weighted by Crippen LogP contribution is -2.35. The SMILES string of the molecule is O=S1(=O)CCC(Cc2ccccc2)N1Cc1nnnn1C1CCCCC1. The number of sulfonamides is 1. The van der Waals surface area contributed by atoms with E-state index in [1.165, 1.54) is 19.3 Å². The van der Waals surface area contributed by atoms with E-state index in [0.717, 1.165) is 24.8 Å². The Morgan fingerprint density at radius 1 is 1.04 bits per heavy atom. The Kier molecular flexibility index (Phi) is 5.04. The first-order valence-corrected chi connectivity index (χ1v) is 11.0. The Morgan fingerprint density at radius 3 is 2.58 bits per heavy atom. The summed E-state index contributed by atoms with van der Waals surface area (Å²) in [6.07, 6.45) is 7.14. The summed E-state index contributed by atoms with van der Waals surface area (Å²) < 4.78 is 28.7. The van der Waals surface area contributed by atoms with Crippen LogP contribution in [0.5, 0.6) is 0 Å². The molecule has 1 unspecified atom stereocenters. The van der Waals surface area contributed by atoms with Crippen molar-refractivity contribution < 1.29 is 8.42 Å². The fraction of sp³-hybridized carbons (Fsp3) is 0.611. The van der Waals surface area contributed by atoms with Gasteiger partial charge in [0.15, 0.2) is 5.82 Å². The van der Waals surface area contributed by atoms with E-state index in [4.69, 9.17) is 0 Å². The van der Waals surface area contributed by atoms with Crippen molar-refractivity contribution in [2.45, 2.75) is 63.6 Å². The van der Waals surface area contributed by atoms with Crippen LogP contribution in [0.4, 0.5) is 0 Å². The molecule has 1 aromatic heterocycles. The van der Waals surface area contributed by atoms with Crippen LogP contribution in [0.15, 0.2) is 30.3 Å². The third kappa shape index (κ3) is 3.66. The van der Waals surface area contributed by atoms with Crippen LogP contribution in [-0.2, 0) is 23.0 Å². The lowest BCUT2D eigenvalue weighted by Gasteiger charge is -2.25. The van der Waals surface area contributed by atoms with Crippen LogP contribution in [0.1, 0.15) is 56.0 Å². The van der Waals surface area contributed by atoms with Crippen molar-refractivity contribution in [2.75, 3.05) is 5.75 Å². The zero-order valence-electron chi connectivity index (χ0n) is 14.9. The molecule has 1 aromatic carbocycles. The second-order valence-corrected chi connectivity index (χ2v) is 9.37. The van der Waals surface area contributed by atoms with Gasteiger partial charge in [0.2, 0.25) is 10.0 Å². The predicted octanol–water partition coefficient (Wildman–Crippen LogP) is 2.33. The van der Waals surface area contributed by atoms with Gasteiger partial charge in [-0.15, -0.1) is 5.10 Å². The summed E-state index contributed by atoms with van der Waals surface area (Å²) in [7, 11) is -3.26. The van der Waals surface area contributed by atoms with Gasteiger partial charge < -0.3 is 0 Å². The summed E-state index contributed by atoms with van der Waals surface area (Å²) in [6.45, 7) is 0.267. The topological polar surface area (TPSA) is 81.0 Å². The molecule has 0 spiro atoms. The molecule has 2 aromatic rings. The highest BCUT2D eigenvalue weighted by Gasteiger charge is 2.38. The highest BCUT2D eigenvalue weighted by Crippen LogP contribution is 2.30. The van der Waals surface area contributed by atoms with Gasteiger partial charge in [-0.3, -0.25) is 0 Å². The lowest BCUT2D eigenvalue weighted by molar-refractivity contribution is 0.286. The molecule has 8 heteroatoms. The second kappa shape index (κ2) is 7.44. The predicted molar refractivity (Wildman–Crippen MR) is 97.8 cm³/mol. The number of tetrazole rings is 1. The Balaban J connectivity index is 1.54. The van der Waals surface area contributed by atoms with Gasteiger partial charge in [-0.2, -0.15) is 4.31 Å². The minimum atomic E-state index is -3.26. The van der Waals surface area contributed by atoms with Crippen molar-refractivity contribution in [1.82, 2.24) is 24.5 Å². The van der Waals surface area contributed by atoms with Crippen molar-refractivity contribution in [3.8, 4) is 0 Å². The average Bonchev–Trinajstić information content (AvgIpc) is 3.23. The summed E-state index contributed by atoms with van der Waals surface area (Å²) in [5, 5.41) is 12.2. The molecule has 1 atom stereocenters. The number of benzene rings is 1. The van der Waals surface area contributed by atoms with E-state index in [1.807, 2.05) is 22.9 Å². The zero-order chi connectivity index (χ0) is 18.0. The van der Waals surface area contributed by atoms with Gasteiger partial charge in [0.1, 0.15) is 0 Å². The summed E-state index contributed by atoms with van der Waals surface area (Å²) >= 11 is 0. The highest BCUT2D eigenvalue weighted by molar-refractivity contribution is 7.89. The minimum Gasteiger partial charge on any atom is -0.225 e. The molecule has 1 saturated carbocycles. The van der Waals surface area contributed by atoms with Crippen molar-refractivity contribution in [1.29, 1.82) is 0 Å². The van der Waals surface area contributed by atoms with Gasteiger partial charge >= 0.3 is 0 Å². The molecule has 0 amide bonds. The van der Waals surface area contributed by atoms with Gasteiger partial charge in [0.25, 0.3) is 0 Å². The lowest BCUT2D eigenvalue weighted by atomic mass is 9.95. The summed E-state index contributed by atoms with van der Waals surface area (Å²) in [6, 6.07) is 10.3. The quantitative estimate of drug-likeness (QED) is 0.801. The molecule has 26 heavy (non-hydrogen) atoms. The maximum atomic E-state index is 12.6. The number of nitrogens with zero attached hydrogens (tertiary/aromatic N) is 5. The van der Waals surface area contributed by atoms with Crippen LogP contribution in [0.25, 0.3) is 0 Å². The smallest absolute Gasteiger partial charge is 0.214 e. The number of hydrogen-bond donors (Lipinski definition) is 0. The molecule has 140 valence electrons. The number of hydrogen-bond acceptors (Lipinski definition) is 5. The van der Waals surface area contributed by atoms with Gasteiger partial charge in [0, 0.05) is 6.04 Å². The van der Waals surface area contributed by atoms with Gasteiger partial charge in [-0.05, 0) is 41.7 Å². The molecule has 2 aliphatic rings. The molecule has 2 fully saturated rings. The van der Waals surface area contributed by atoms with Crippen LogP contribution in [0, 0.1) is 0 Å².